The minimum Gasteiger partial charge on any atom is -0.493 e. The molecular weight excluding hydrogens is 326 g/mol. The van der Waals surface area contributed by atoms with E-state index >= 15 is 0 Å². The molecule has 0 radical (unpaired) electrons. The zero-order valence-corrected chi connectivity index (χ0v) is 16.6. The quantitative estimate of drug-likeness (QED) is 0.561. The number of piperidine rings is 2. The van der Waals surface area contributed by atoms with Crippen molar-refractivity contribution in [1.29, 1.82) is 0 Å². The third kappa shape index (κ3) is 4.59. The molecule has 144 valence electrons. The third-order valence-electron chi connectivity index (χ3n) is 6.11. The normalized spacial score (nSPS) is 28.5. The van der Waals surface area contributed by atoms with Crippen LogP contribution in [0.5, 0.6) is 5.75 Å². The number of carbonyl (C=O) groups is 1. The van der Waals surface area contributed by atoms with Crippen LogP contribution >= 0.6 is 0 Å². The minimum absolute atomic E-state index is 0.212. The van der Waals surface area contributed by atoms with Crippen LogP contribution in [0.25, 0.3) is 0 Å². The Morgan fingerprint density at radius 1 is 1.12 bits per heavy atom. The molecule has 1 aromatic carbocycles. The van der Waals surface area contributed by atoms with Crippen molar-refractivity contribution >= 4 is 5.97 Å². The fraction of sp³-hybridized carbons (Fsp3) is 0.682. The largest absolute Gasteiger partial charge is 0.493 e. The summed E-state index contributed by atoms with van der Waals surface area (Å²) in [4.78, 5) is 12.4. The van der Waals surface area contributed by atoms with Crippen molar-refractivity contribution in [3.05, 3.63) is 29.8 Å². The summed E-state index contributed by atoms with van der Waals surface area (Å²) in [6.45, 7) is 8.05. The number of quaternary nitrogens is 1. The van der Waals surface area contributed by atoms with Gasteiger partial charge in [-0.3, -0.25) is 0 Å². The van der Waals surface area contributed by atoms with Crippen LogP contribution in [0.3, 0.4) is 0 Å². The maximum Gasteiger partial charge on any atom is 0.338 e. The molecule has 0 aliphatic carbocycles. The summed E-state index contributed by atoms with van der Waals surface area (Å²) in [6, 6.07) is 7.99. The van der Waals surface area contributed by atoms with Crippen LogP contribution in [-0.4, -0.2) is 49.8 Å². The van der Waals surface area contributed by atoms with Gasteiger partial charge in [-0.05, 0) is 55.9 Å². The van der Waals surface area contributed by atoms with Crippen LogP contribution in [0, 0.1) is 11.8 Å². The number of nitrogens with zero attached hydrogens (tertiary/aromatic N) is 1. The average molecular weight is 361 g/mol. The molecule has 0 spiro atoms. The van der Waals surface area contributed by atoms with Gasteiger partial charge in [0.15, 0.2) is 0 Å². The van der Waals surface area contributed by atoms with Gasteiger partial charge in [-0.2, -0.15) is 0 Å². The molecular formula is C22H34NO3+. The Kier molecular flexibility index (Phi) is 6.23. The van der Waals surface area contributed by atoms with Crippen LogP contribution < -0.4 is 4.74 Å². The highest BCUT2D eigenvalue weighted by Crippen LogP contribution is 2.36. The number of hydrogen-bond acceptors (Lipinski definition) is 3. The summed E-state index contributed by atoms with van der Waals surface area (Å²) >= 11 is 0. The summed E-state index contributed by atoms with van der Waals surface area (Å²) in [6.07, 6.45) is 6.37. The van der Waals surface area contributed by atoms with E-state index in [4.69, 9.17) is 9.47 Å². The van der Waals surface area contributed by atoms with Gasteiger partial charge in [0.25, 0.3) is 0 Å². The lowest BCUT2D eigenvalue weighted by Gasteiger charge is -2.51. The number of ether oxygens (including phenoxy) is 2. The van der Waals surface area contributed by atoms with Crippen LogP contribution in [0.2, 0.25) is 0 Å². The Balaban J connectivity index is 1.53. The molecule has 2 heterocycles. The third-order valence-corrected chi connectivity index (χ3v) is 6.11. The summed E-state index contributed by atoms with van der Waals surface area (Å²) in [5, 5.41) is 0. The smallest absolute Gasteiger partial charge is 0.338 e. The van der Waals surface area contributed by atoms with Crippen LogP contribution in [-0.2, 0) is 4.74 Å². The fourth-order valence-corrected chi connectivity index (χ4v) is 4.64. The molecule has 2 unspecified atom stereocenters. The van der Waals surface area contributed by atoms with Gasteiger partial charge < -0.3 is 14.0 Å². The highest BCUT2D eigenvalue weighted by atomic mass is 16.5. The van der Waals surface area contributed by atoms with Crippen molar-refractivity contribution < 1.29 is 18.8 Å². The van der Waals surface area contributed by atoms with Gasteiger partial charge in [-0.15, -0.1) is 0 Å². The topological polar surface area (TPSA) is 35.5 Å². The highest BCUT2D eigenvalue weighted by molar-refractivity contribution is 5.89. The standard InChI is InChI=1S/C22H34NO3/c1-17(2)15-25-20-11-9-18(10-12-20)22(24)26-16-19-7-6-14-23(3)13-5-4-8-21(19)23/h9-12,17,19,21H,4-8,13-16H2,1-3H3/q+1/t19-,21?,23?/m0/s1. The van der Waals surface area contributed by atoms with Crippen LogP contribution in [0.1, 0.15) is 56.3 Å². The Morgan fingerprint density at radius 3 is 2.58 bits per heavy atom. The number of benzene rings is 1. The van der Waals surface area contributed by atoms with Crippen molar-refractivity contribution in [2.24, 2.45) is 11.8 Å². The van der Waals surface area contributed by atoms with E-state index in [9.17, 15) is 4.79 Å². The van der Waals surface area contributed by atoms with E-state index in [0.717, 1.165) is 5.75 Å². The van der Waals surface area contributed by atoms with Gasteiger partial charge in [-0.25, -0.2) is 4.79 Å². The molecule has 0 bridgehead atoms. The number of carbonyl (C=O) groups excluding carboxylic acids is 1. The molecule has 26 heavy (non-hydrogen) atoms. The summed E-state index contributed by atoms with van der Waals surface area (Å²) in [7, 11) is 2.40. The van der Waals surface area contributed by atoms with Crippen molar-refractivity contribution in [3.8, 4) is 5.75 Å². The molecule has 2 aliphatic heterocycles. The van der Waals surface area contributed by atoms with Crippen molar-refractivity contribution in [3.63, 3.8) is 0 Å². The zero-order chi connectivity index (χ0) is 18.6. The van der Waals surface area contributed by atoms with Gasteiger partial charge in [0.05, 0.1) is 38.3 Å². The monoisotopic (exact) mass is 360 g/mol. The van der Waals surface area contributed by atoms with Gasteiger partial charge in [0.1, 0.15) is 12.4 Å². The summed E-state index contributed by atoms with van der Waals surface area (Å²) in [5.74, 6) is 1.58. The first-order valence-corrected chi connectivity index (χ1v) is 10.2. The van der Waals surface area contributed by atoms with E-state index in [1.807, 2.05) is 12.1 Å². The lowest BCUT2D eigenvalue weighted by atomic mass is 9.82. The molecule has 3 rings (SSSR count). The molecule has 0 amide bonds. The molecule has 3 atom stereocenters. The van der Waals surface area contributed by atoms with E-state index in [-0.39, 0.29) is 5.97 Å². The Hall–Kier alpha value is -1.55. The van der Waals surface area contributed by atoms with Crippen molar-refractivity contribution in [2.75, 3.05) is 33.4 Å². The highest BCUT2D eigenvalue weighted by Gasteiger charge is 2.43. The number of esters is 1. The summed E-state index contributed by atoms with van der Waals surface area (Å²) in [5.41, 5.74) is 0.610. The zero-order valence-electron chi connectivity index (χ0n) is 16.6. The first-order chi connectivity index (χ1) is 12.5. The molecule has 0 N–H and O–H groups in total. The predicted octanol–water partition coefficient (Wildman–Crippen LogP) is 4.29. The minimum atomic E-state index is -0.212. The molecule has 0 aromatic heterocycles. The van der Waals surface area contributed by atoms with Crippen molar-refractivity contribution in [1.82, 2.24) is 0 Å². The van der Waals surface area contributed by atoms with Gasteiger partial charge in [-0.1, -0.05) is 13.8 Å². The maximum atomic E-state index is 12.4. The van der Waals surface area contributed by atoms with Gasteiger partial charge >= 0.3 is 5.97 Å². The fourth-order valence-electron chi connectivity index (χ4n) is 4.64. The second kappa shape index (κ2) is 8.43. The maximum absolute atomic E-state index is 12.4. The second-order valence-corrected chi connectivity index (χ2v) is 8.72. The molecule has 4 nitrogen and oxygen atoms in total. The van der Waals surface area contributed by atoms with E-state index in [1.165, 1.54) is 49.7 Å². The predicted molar refractivity (Wildman–Crippen MR) is 103 cm³/mol. The van der Waals surface area contributed by atoms with E-state index < -0.39 is 0 Å². The van der Waals surface area contributed by atoms with Crippen LogP contribution in [0.15, 0.2) is 24.3 Å². The molecule has 0 saturated carbocycles. The Labute approximate surface area is 158 Å². The number of rotatable bonds is 6. The first-order valence-electron chi connectivity index (χ1n) is 10.2. The average Bonchev–Trinajstić information content (AvgIpc) is 2.64. The SMILES string of the molecule is CC(C)COc1ccc(C(=O)OC[C@@H]2CCC[N+]3(C)CCCCC23)cc1. The number of hydrogen-bond donors (Lipinski definition) is 0. The van der Waals surface area contributed by atoms with E-state index in [0.29, 0.717) is 36.7 Å². The van der Waals surface area contributed by atoms with Crippen molar-refractivity contribution in [2.45, 2.75) is 52.0 Å². The van der Waals surface area contributed by atoms with Gasteiger partial charge in [0.2, 0.25) is 0 Å². The molecule has 2 saturated heterocycles. The van der Waals surface area contributed by atoms with E-state index in [2.05, 4.69) is 20.9 Å². The molecule has 2 aliphatic rings. The Morgan fingerprint density at radius 2 is 1.85 bits per heavy atom. The lowest BCUT2D eigenvalue weighted by molar-refractivity contribution is -0.947. The number of fused-ring (bicyclic) bond motifs is 1. The lowest BCUT2D eigenvalue weighted by Crippen LogP contribution is -2.61. The summed E-state index contributed by atoms with van der Waals surface area (Å²) < 4.78 is 12.6. The van der Waals surface area contributed by atoms with E-state index in [1.54, 1.807) is 12.1 Å². The Bertz CT molecular complexity index is 594. The second-order valence-electron chi connectivity index (χ2n) is 8.72. The first kappa shape index (κ1) is 19.2. The van der Waals surface area contributed by atoms with Gasteiger partial charge in [0, 0.05) is 12.3 Å². The molecule has 1 aromatic rings. The molecule has 2 fully saturated rings. The van der Waals surface area contributed by atoms with Crippen LogP contribution in [0.4, 0.5) is 0 Å². The molecule has 4 heteroatoms.